The summed E-state index contributed by atoms with van der Waals surface area (Å²) in [5.74, 6) is -1.79. The predicted molar refractivity (Wildman–Crippen MR) is 75.4 cm³/mol. The predicted octanol–water partition coefficient (Wildman–Crippen LogP) is 3.29. The van der Waals surface area contributed by atoms with E-state index in [2.05, 4.69) is 12.2 Å². The summed E-state index contributed by atoms with van der Waals surface area (Å²) < 4.78 is 38.6. The van der Waals surface area contributed by atoms with Gasteiger partial charge < -0.3 is 10.6 Å². The second-order valence-electron chi connectivity index (χ2n) is 4.37. The Morgan fingerprint density at radius 2 is 2.05 bits per heavy atom. The molecular weight excluding hydrogens is 273 g/mol. The molecule has 0 saturated heterocycles. The molecule has 0 spiro atoms. The molecule has 0 bridgehead atoms. The Hall–Kier alpha value is -1.30. The van der Waals surface area contributed by atoms with E-state index in [1.54, 1.807) is 17.9 Å². The first kappa shape index (κ1) is 15.8. The van der Waals surface area contributed by atoms with Gasteiger partial charge in [-0.2, -0.15) is 13.2 Å². The minimum Gasteiger partial charge on any atom is -0.393 e. The van der Waals surface area contributed by atoms with Crippen molar-refractivity contribution in [2.75, 3.05) is 18.0 Å². The molecule has 1 atom stereocenters. The van der Waals surface area contributed by atoms with Gasteiger partial charge in [0.25, 0.3) is 0 Å². The Labute approximate surface area is 116 Å². The third kappa shape index (κ3) is 4.38. The minimum absolute atomic E-state index is 0.251. The molecule has 1 rings (SSSR count). The summed E-state index contributed by atoms with van der Waals surface area (Å²) in [7, 11) is 0. The Morgan fingerprint density at radius 3 is 2.47 bits per heavy atom. The smallest absolute Gasteiger partial charge is 0.393 e. The van der Waals surface area contributed by atoms with Crippen molar-refractivity contribution in [1.82, 2.24) is 0 Å². The topological polar surface area (TPSA) is 29.3 Å². The quantitative estimate of drug-likeness (QED) is 0.844. The van der Waals surface area contributed by atoms with Crippen LogP contribution in [0.3, 0.4) is 0 Å². The molecule has 0 radical (unpaired) electrons. The maximum Gasteiger partial charge on any atom is 0.399 e. The molecule has 0 aliphatic rings. The zero-order valence-electron chi connectivity index (χ0n) is 10.9. The van der Waals surface area contributed by atoms with E-state index in [0.29, 0.717) is 6.54 Å². The fraction of sp³-hybridized carbons (Fsp3) is 0.462. The maximum atomic E-state index is 12.9. The van der Waals surface area contributed by atoms with Crippen molar-refractivity contribution >= 4 is 22.9 Å². The average molecular weight is 290 g/mol. The van der Waals surface area contributed by atoms with Crippen molar-refractivity contribution in [3.05, 3.63) is 29.8 Å². The molecule has 2 nitrogen and oxygen atoms in total. The van der Waals surface area contributed by atoms with Crippen LogP contribution in [-0.4, -0.2) is 24.3 Å². The Balaban J connectivity index is 2.95. The lowest BCUT2D eigenvalue weighted by Crippen LogP contribution is -2.43. The van der Waals surface area contributed by atoms with Gasteiger partial charge in [0, 0.05) is 18.8 Å². The molecule has 1 aromatic carbocycles. The highest BCUT2D eigenvalue weighted by molar-refractivity contribution is 7.80. The fourth-order valence-electron chi connectivity index (χ4n) is 1.82. The molecule has 2 N–H and O–H groups in total. The van der Waals surface area contributed by atoms with Crippen LogP contribution in [0.25, 0.3) is 0 Å². The van der Waals surface area contributed by atoms with Gasteiger partial charge in [0.05, 0.1) is 4.99 Å². The number of anilines is 1. The second kappa shape index (κ2) is 6.23. The number of hydrogen-bond acceptors (Lipinski definition) is 2. The van der Waals surface area contributed by atoms with Gasteiger partial charge >= 0.3 is 6.18 Å². The first-order valence-corrected chi connectivity index (χ1v) is 6.34. The number of hydrogen-bond donors (Lipinski definition) is 1. The number of halogens is 3. The molecule has 19 heavy (non-hydrogen) atoms. The third-order valence-corrected chi connectivity index (χ3v) is 3.17. The summed E-state index contributed by atoms with van der Waals surface area (Å²) >= 11 is 4.54. The van der Waals surface area contributed by atoms with Gasteiger partial charge in [-0.1, -0.05) is 24.4 Å². The SMILES string of the molecule is CCN(CC(C(N)=S)C(F)(F)F)c1cccc(C)c1. The van der Waals surface area contributed by atoms with Gasteiger partial charge in [-0.3, -0.25) is 0 Å². The van der Waals surface area contributed by atoms with E-state index >= 15 is 0 Å². The molecule has 1 unspecified atom stereocenters. The maximum absolute atomic E-state index is 12.9. The van der Waals surface area contributed by atoms with Crippen molar-refractivity contribution < 1.29 is 13.2 Å². The molecule has 1 aromatic rings. The second-order valence-corrected chi connectivity index (χ2v) is 4.85. The molecular formula is C13H17F3N2S. The van der Waals surface area contributed by atoms with Gasteiger partial charge in [0.1, 0.15) is 5.92 Å². The molecule has 0 aromatic heterocycles. The van der Waals surface area contributed by atoms with E-state index in [9.17, 15) is 13.2 Å². The largest absolute Gasteiger partial charge is 0.399 e. The number of thiocarbonyl (C=S) groups is 1. The van der Waals surface area contributed by atoms with Gasteiger partial charge in [-0.05, 0) is 31.5 Å². The highest BCUT2D eigenvalue weighted by Crippen LogP contribution is 2.29. The Kier molecular flexibility index (Phi) is 5.17. The number of alkyl halides is 3. The monoisotopic (exact) mass is 290 g/mol. The summed E-state index contributed by atoms with van der Waals surface area (Å²) in [6.45, 7) is 3.90. The normalized spacial score (nSPS) is 13.1. The number of nitrogens with zero attached hydrogens (tertiary/aromatic N) is 1. The summed E-state index contributed by atoms with van der Waals surface area (Å²) in [6, 6.07) is 7.34. The van der Waals surface area contributed by atoms with Gasteiger partial charge in [-0.15, -0.1) is 0 Å². The first-order chi connectivity index (χ1) is 8.75. The zero-order valence-corrected chi connectivity index (χ0v) is 11.7. The molecule has 0 aliphatic carbocycles. The molecule has 0 aliphatic heterocycles. The third-order valence-electron chi connectivity index (χ3n) is 2.89. The van der Waals surface area contributed by atoms with E-state index in [1.165, 1.54) is 0 Å². The van der Waals surface area contributed by atoms with Crippen LogP contribution in [0.15, 0.2) is 24.3 Å². The lowest BCUT2D eigenvalue weighted by Gasteiger charge is -2.29. The van der Waals surface area contributed by atoms with Crippen molar-refractivity contribution in [2.45, 2.75) is 20.0 Å². The van der Waals surface area contributed by atoms with Gasteiger partial charge in [0.15, 0.2) is 0 Å². The van der Waals surface area contributed by atoms with Crippen LogP contribution in [0.1, 0.15) is 12.5 Å². The van der Waals surface area contributed by atoms with E-state index in [1.807, 2.05) is 25.1 Å². The summed E-state index contributed by atoms with van der Waals surface area (Å²) in [5.41, 5.74) is 6.96. The van der Waals surface area contributed by atoms with E-state index < -0.39 is 17.1 Å². The van der Waals surface area contributed by atoms with E-state index in [0.717, 1.165) is 11.3 Å². The molecule has 6 heteroatoms. The molecule has 0 amide bonds. The van der Waals surface area contributed by atoms with Crippen LogP contribution < -0.4 is 10.6 Å². The van der Waals surface area contributed by atoms with Crippen molar-refractivity contribution in [3.63, 3.8) is 0 Å². The highest BCUT2D eigenvalue weighted by Gasteiger charge is 2.42. The van der Waals surface area contributed by atoms with E-state index in [4.69, 9.17) is 5.73 Å². The van der Waals surface area contributed by atoms with Crippen molar-refractivity contribution in [3.8, 4) is 0 Å². The number of nitrogens with two attached hydrogens (primary N) is 1. The van der Waals surface area contributed by atoms with Gasteiger partial charge in [-0.25, -0.2) is 0 Å². The Morgan fingerprint density at radius 1 is 1.42 bits per heavy atom. The molecule has 0 heterocycles. The minimum atomic E-state index is -4.41. The van der Waals surface area contributed by atoms with Crippen molar-refractivity contribution in [2.24, 2.45) is 11.7 Å². The molecule has 106 valence electrons. The average Bonchev–Trinajstić information content (AvgIpc) is 2.27. The van der Waals surface area contributed by atoms with E-state index in [-0.39, 0.29) is 6.54 Å². The summed E-state index contributed by atoms with van der Waals surface area (Å²) in [5, 5.41) is 0. The summed E-state index contributed by atoms with van der Waals surface area (Å²) in [6.07, 6.45) is -4.41. The number of benzene rings is 1. The highest BCUT2D eigenvalue weighted by atomic mass is 32.1. The molecule has 0 fully saturated rings. The van der Waals surface area contributed by atoms with Crippen LogP contribution >= 0.6 is 12.2 Å². The van der Waals surface area contributed by atoms with Crippen LogP contribution in [0.4, 0.5) is 18.9 Å². The van der Waals surface area contributed by atoms with Gasteiger partial charge in [0.2, 0.25) is 0 Å². The standard InChI is InChI=1S/C13H17F3N2S/c1-3-18(10-6-4-5-9(2)7-10)8-11(12(17)19)13(14,15)16/h4-7,11H,3,8H2,1-2H3,(H2,17,19). The van der Waals surface area contributed by atoms with Crippen LogP contribution in [0.5, 0.6) is 0 Å². The van der Waals surface area contributed by atoms with Crippen LogP contribution in [0, 0.1) is 12.8 Å². The zero-order chi connectivity index (χ0) is 14.6. The summed E-state index contributed by atoms with van der Waals surface area (Å²) in [4.78, 5) is 1.11. The number of rotatable bonds is 5. The number of aryl methyl sites for hydroxylation is 1. The molecule has 0 saturated carbocycles. The first-order valence-electron chi connectivity index (χ1n) is 5.93. The lowest BCUT2D eigenvalue weighted by atomic mass is 10.1. The fourth-order valence-corrected chi connectivity index (χ4v) is 2.03. The van der Waals surface area contributed by atoms with Crippen molar-refractivity contribution in [1.29, 1.82) is 0 Å². The lowest BCUT2D eigenvalue weighted by molar-refractivity contribution is -0.152. The van der Waals surface area contributed by atoms with Crippen LogP contribution in [0.2, 0.25) is 0 Å². The van der Waals surface area contributed by atoms with Crippen LogP contribution in [-0.2, 0) is 0 Å². The Bertz CT molecular complexity index is 446.